The van der Waals surface area contributed by atoms with Crippen molar-refractivity contribution >= 4 is 0 Å². The average molecular weight is 134 g/mol. The van der Waals surface area contributed by atoms with Gasteiger partial charge >= 0.3 is 0 Å². The first-order valence-electron chi connectivity index (χ1n) is 2.76. The molecular formula is C5H10O4. The molecular weight excluding hydrogens is 124 g/mol. The van der Waals surface area contributed by atoms with E-state index in [4.69, 9.17) is 15.3 Å². The van der Waals surface area contributed by atoms with Crippen molar-refractivity contribution in [3.05, 3.63) is 0 Å². The number of ether oxygens (including phenoxy) is 1. The fourth-order valence-electron chi connectivity index (χ4n) is 0.788. The zero-order valence-electron chi connectivity index (χ0n) is 5.11. The van der Waals surface area contributed by atoms with Gasteiger partial charge in [0.05, 0.1) is 6.61 Å². The normalized spacial score (nSPS) is 52.0. The highest BCUT2D eigenvalue weighted by Gasteiger charge is 2.43. The molecule has 0 aliphatic carbocycles. The molecule has 54 valence electrons. The standard InChI is InChI=1S/C5H10O4/c1-5(8)4(7)3(6)2-9-5/h3-4,6-8H,2H2,1H3/t3?,4?,5-/m0/s1. The first kappa shape index (κ1) is 6.95. The van der Waals surface area contributed by atoms with E-state index in [9.17, 15) is 0 Å². The third-order valence-corrected chi connectivity index (χ3v) is 1.46. The highest BCUT2D eigenvalue weighted by atomic mass is 16.7. The highest BCUT2D eigenvalue weighted by Crippen LogP contribution is 2.22. The molecule has 4 heteroatoms. The summed E-state index contributed by atoms with van der Waals surface area (Å²) in [5.41, 5.74) is 0. The summed E-state index contributed by atoms with van der Waals surface area (Å²) >= 11 is 0. The molecule has 3 N–H and O–H groups in total. The number of aliphatic hydroxyl groups is 3. The quantitative estimate of drug-likeness (QED) is 0.375. The van der Waals surface area contributed by atoms with E-state index in [1.54, 1.807) is 0 Å². The maximum absolute atomic E-state index is 9.00. The molecule has 9 heavy (non-hydrogen) atoms. The molecule has 3 atom stereocenters. The van der Waals surface area contributed by atoms with Crippen LogP contribution in [0.3, 0.4) is 0 Å². The molecule has 1 fully saturated rings. The third kappa shape index (κ3) is 1.07. The molecule has 0 aromatic heterocycles. The zero-order valence-corrected chi connectivity index (χ0v) is 5.11. The maximum atomic E-state index is 9.00. The summed E-state index contributed by atoms with van der Waals surface area (Å²) in [6.45, 7) is 1.31. The van der Waals surface area contributed by atoms with Crippen LogP contribution in [0.4, 0.5) is 0 Å². The molecule has 0 amide bonds. The smallest absolute Gasteiger partial charge is 0.191 e. The molecule has 4 nitrogen and oxygen atoms in total. The molecule has 0 saturated carbocycles. The van der Waals surface area contributed by atoms with Crippen LogP contribution in [0.15, 0.2) is 0 Å². The number of rotatable bonds is 0. The predicted molar refractivity (Wildman–Crippen MR) is 28.6 cm³/mol. The van der Waals surface area contributed by atoms with Crippen LogP contribution in [0.5, 0.6) is 0 Å². The minimum atomic E-state index is -1.57. The monoisotopic (exact) mass is 134 g/mol. The van der Waals surface area contributed by atoms with Crippen LogP contribution < -0.4 is 0 Å². The van der Waals surface area contributed by atoms with Crippen molar-refractivity contribution in [1.82, 2.24) is 0 Å². The summed E-state index contributed by atoms with van der Waals surface area (Å²) in [4.78, 5) is 0. The Morgan fingerprint density at radius 1 is 1.56 bits per heavy atom. The Morgan fingerprint density at radius 2 is 2.11 bits per heavy atom. The molecule has 2 unspecified atom stereocenters. The van der Waals surface area contributed by atoms with Crippen LogP contribution in [0.25, 0.3) is 0 Å². The van der Waals surface area contributed by atoms with Crippen molar-refractivity contribution in [2.75, 3.05) is 6.61 Å². The van der Waals surface area contributed by atoms with Crippen molar-refractivity contribution in [3.63, 3.8) is 0 Å². The number of aliphatic hydroxyl groups excluding tert-OH is 2. The Morgan fingerprint density at radius 3 is 2.22 bits per heavy atom. The van der Waals surface area contributed by atoms with Gasteiger partial charge in [0.2, 0.25) is 0 Å². The molecule has 0 radical (unpaired) electrons. The second kappa shape index (κ2) is 1.91. The van der Waals surface area contributed by atoms with Crippen LogP contribution >= 0.6 is 0 Å². The summed E-state index contributed by atoms with van der Waals surface area (Å²) in [7, 11) is 0. The SMILES string of the molecule is C[C@]1(O)OCC(O)C1O. The van der Waals surface area contributed by atoms with Crippen molar-refractivity contribution in [2.45, 2.75) is 24.9 Å². The van der Waals surface area contributed by atoms with Crippen molar-refractivity contribution in [2.24, 2.45) is 0 Å². The van der Waals surface area contributed by atoms with Crippen molar-refractivity contribution in [3.8, 4) is 0 Å². The molecule has 1 heterocycles. The van der Waals surface area contributed by atoms with Gasteiger partial charge in [-0.25, -0.2) is 0 Å². The molecule has 0 bridgehead atoms. The largest absolute Gasteiger partial charge is 0.388 e. The number of hydrogen-bond donors (Lipinski definition) is 3. The molecule has 0 spiro atoms. The van der Waals surface area contributed by atoms with Gasteiger partial charge in [-0.1, -0.05) is 0 Å². The average Bonchev–Trinajstić information content (AvgIpc) is 1.97. The van der Waals surface area contributed by atoms with Gasteiger partial charge in [-0.05, 0) is 6.92 Å². The summed E-state index contributed by atoms with van der Waals surface area (Å²) in [5.74, 6) is -1.57. The van der Waals surface area contributed by atoms with Gasteiger partial charge in [0, 0.05) is 0 Å². The van der Waals surface area contributed by atoms with Gasteiger partial charge in [0.25, 0.3) is 0 Å². The van der Waals surface area contributed by atoms with Gasteiger partial charge in [0.1, 0.15) is 12.2 Å². The van der Waals surface area contributed by atoms with E-state index in [1.165, 1.54) is 6.92 Å². The summed E-state index contributed by atoms with van der Waals surface area (Å²) in [6.07, 6.45) is -2.14. The first-order valence-corrected chi connectivity index (χ1v) is 2.76. The molecule has 0 aromatic carbocycles. The second-order valence-electron chi connectivity index (χ2n) is 2.38. The van der Waals surface area contributed by atoms with E-state index in [1.807, 2.05) is 0 Å². The summed E-state index contributed by atoms with van der Waals surface area (Å²) in [5, 5.41) is 26.7. The fourth-order valence-corrected chi connectivity index (χ4v) is 0.788. The van der Waals surface area contributed by atoms with Crippen LogP contribution in [0.2, 0.25) is 0 Å². The highest BCUT2D eigenvalue weighted by molar-refractivity contribution is 4.85. The number of hydrogen-bond acceptors (Lipinski definition) is 4. The van der Waals surface area contributed by atoms with E-state index >= 15 is 0 Å². The lowest BCUT2D eigenvalue weighted by Crippen LogP contribution is -2.39. The van der Waals surface area contributed by atoms with Crippen LogP contribution in [-0.2, 0) is 4.74 Å². The van der Waals surface area contributed by atoms with Gasteiger partial charge < -0.3 is 20.1 Å². The van der Waals surface area contributed by atoms with Crippen LogP contribution in [0.1, 0.15) is 6.92 Å². The Hall–Kier alpha value is -0.160. The molecule has 1 rings (SSSR count). The lowest BCUT2D eigenvalue weighted by atomic mass is 10.1. The molecule has 1 aliphatic heterocycles. The second-order valence-corrected chi connectivity index (χ2v) is 2.38. The Kier molecular flexibility index (Phi) is 1.48. The lowest BCUT2D eigenvalue weighted by molar-refractivity contribution is -0.201. The molecule has 1 saturated heterocycles. The minimum absolute atomic E-state index is 0.00579. The third-order valence-electron chi connectivity index (χ3n) is 1.46. The van der Waals surface area contributed by atoms with Crippen molar-refractivity contribution in [1.29, 1.82) is 0 Å². The Bertz CT molecular complexity index is 112. The summed E-state index contributed by atoms with van der Waals surface area (Å²) < 4.78 is 4.62. The van der Waals surface area contributed by atoms with Gasteiger partial charge in [0.15, 0.2) is 5.79 Å². The topological polar surface area (TPSA) is 69.9 Å². The lowest BCUT2D eigenvalue weighted by Gasteiger charge is -2.19. The molecule has 1 aliphatic rings. The van der Waals surface area contributed by atoms with E-state index in [0.29, 0.717) is 0 Å². The van der Waals surface area contributed by atoms with E-state index in [-0.39, 0.29) is 6.61 Å². The minimum Gasteiger partial charge on any atom is -0.388 e. The molecule has 0 aromatic rings. The van der Waals surface area contributed by atoms with E-state index in [0.717, 1.165) is 0 Å². The van der Waals surface area contributed by atoms with Gasteiger partial charge in [-0.2, -0.15) is 0 Å². The van der Waals surface area contributed by atoms with Gasteiger partial charge in [-0.15, -0.1) is 0 Å². The predicted octanol–water partition coefficient (Wildman–Crippen LogP) is -1.55. The van der Waals surface area contributed by atoms with Crippen LogP contribution in [0, 0.1) is 0 Å². The van der Waals surface area contributed by atoms with E-state index in [2.05, 4.69) is 4.74 Å². The maximum Gasteiger partial charge on any atom is 0.191 e. The van der Waals surface area contributed by atoms with Crippen LogP contribution in [-0.4, -0.2) is 39.9 Å². The zero-order chi connectivity index (χ0) is 7.07. The summed E-state index contributed by atoms with van der Waals surface area (Å²) in [6, 6.07) is 0. The Labute approximate surface area is 52.7 Å². The Balaban J connectivity index is 2.62. The fraction of sp³-hybridized carbons (Fsp3) is 1.00. The van der Waals surface area contributed by atoms with E-state index < -0.39 is 18.0 Å². The van der Waals surface area contributed by atoms with Gasteiger partial charge in [-0.3, -0.25) is 0 Å². The van der Waals surface area contributed by atoms with Crippen molar-refractivity contribution < 1.29 is 20.1 Å². The first-order chi connectivity index (χ1) is 4.04.